The van der Waals surface area contributed by atoms with E-state index in [0.717, 1.165) is 0 Å². The zero-order valence-electron chi connectivity index (χ0n) is 16.6. The highest BCUT2D eigenvalue weighted by Gasteiger charge is 2.24. The van der Waals surface area contributed by atoms with Crippen LogP contribution in [0.25, 0.3) is 11.0 Å². The lowest BCUT2D eigenvalue weighted by Crippen LogP contribution is -2.49. The first-order chi connectivity index (χ1) is 14.5. The maximum atomic E-state index is 14.0. The van der Waals surface area contributed by atoms with E-state index in [0.29, 0.717) is 44.8 Å². The van der Waals surface area contributed by atoms with Crippen LogP contribution in [0.15, 0.2) is 46.1 Å². The minimum Gasteiger partial charge on any atom is -0.366 e. The van der Waals surface area contributed by atoms with E-state index in [9.17, 15) is 18.8 Å². The van der Waals surface area contributed by atoms with Crippen molar-refractivity contribution in [1.82, 2.24) is 19.4 Å². The number of carbonyl (C=O) groups excluding carboxylic acids is 1. The van der Waals surface area contributed by atoms with Gasteiger partial charge in [-0.1, -0.05) is 19.1 Å². The van der Waals surface area contributed by atoms with Crippen LogP contribution in [0.5, 0.6) is 0 Å². The summed E-state index contributed by atoms with van der Waals surface area (Å²) >= 11 is 0. The zero-order chi connectivity index (χ0) is 21.3. The highest BCUT2D eigenvalue weighted by Crippen LogP contribution is 2.21. The summed E-state index contributed by atoms with van der Waals surface area (Å²) in [5, 5.41) is 0.207. The molecule has 0 bridgehead atoms. The largest absolute Gasteiger partial charge is 0.366 e. The van der Waals surface area contributed by atoms with Crippen LogP contribution >= 0.6 is 0 Å². The van der Waals surface area contributed by atoms with Crippen molar-refractivity contribution in [3.63, 3.8) is 0 Å². The smallest absolute Gasteiger partial charge is 0.329 e. The summed E-state index contributed by atoms with van der Waals surface area (Å²) in [5.41, 5.74) is 0.0111. The monoisotopic (exact) mass is 411 g/mol. The molecule has 1 saturated heterocycles. The van der Waals surface area contributed by atoms with Crippen molar-refractivity contribution in [1.29, 1.82) is 0 Å². The summed E-state index contributed by atoms with van der Waals surface area (Å²) in [5.74, 6) is -0.529. The molecule has 3 heterocycles. The molecule has 1 N–H and O–H groups in total. The van der Waals surface area contributed by atoms with Crippen molar-refractivity contribution in [2.24, 2.45) is 0 Å². The van der Waals surface area contributed by atoms with Crippen LogP contribution in [0, 0.1) is 5.82 Å². The fraction of sp³-hybridized carbons (Fsp3) is 0.333. The van der Waals surface area contributed by atoms with Crippen LogP contribution in [-0.2, 0) is 6.54 Å². The van der Waals surface area contributed by atoms with Crippen LogP contribution in [0.3, 0.4) is 0 Å². The molecule has 30 heavy (non-hydrogen) atoms. The van der Waals surface area contributed by atoms with E-state index in [-0.39, 0.29) is 28.3 Å². The van der Waals surface area contributed by atoms with Gasteiger partial charge >= 0.3 is 5.69 Å². The number of pyridine rings is 1. The molecule has 0 saturated carbocycles. The highest BCUT2D eigenvalue weighted by atomic mass is 19.1. The Kier molecular flexibility index (Phi) is 5.35. The van der Waals surface area contributed by atoms with E-state index < -0.39 is 11.2 Å². The van der Waals surface area contributed by atoms with E-state index >= 15 is 0 Å². The highest BCUT2D eigenvalue weighted by molar-refractivity contribution is 5.96. The van der Waals surface area contributed by atoms with E-state index in [4.69, 9.17) is 0 Å². The summed E-state index contributed by atoms with van der Waals surface area (Å²) in [6.45, 7) is 4.20. The number of benzene rings is 1. The number of anilines is 1. The van der Waals surface area contributed by atoms with Gasteiger partial charge in [-0.15, -0.1) is 0 Å². The normalized spacial score (nSPS) is 14.3. The molecule has 1 aliphatic rings. The van der Waals surface area contributed by atoms with Gasteiger partial charge in [0, 0.05) is 38.9 Å². The van der Waals surface area contributed by atoms with Crippen LogP contribution < -0.4 is 16.1 Å². The first kappa shape index (κ1) is 19.8. The molecule has 0 spiro atoms. The summed E-state index contributed by atoms with van der Waals surface area (Å²) in [7, 11) is 0. The average Bonchev–Trinajstić information content (AvgIpc) is 2.76. The third kappa shape index (κ3) is 3.58. The van der Waals surface area contributed by atoms with Crippen LogP contribution in [0.4, 0.5) is 10.1 Å². The van der Waals surface area contributed by atoms with E-state index in [1.165, 1.54) is 22.9 Å². The zero-order valence-corrected chi connectivity index (χ0v) is 16.6. The molecule has 3 aromatic rings. The van der Waals surface area contributed by atoms with Crippen LogP contribution in [-0.4, -0.2) is 51.5 Å². The van der Waals surface area contributed by atoms with Crippen LogP contribution in [0.2, 0.25) is 0 Å². The number of hydrogen-bond acceptors (Lipinski definition) is 5. The summed E-state index contributed by atoms with van der Waals surface area (Å²) in [6.07, 6.45) is 2.11. The van der Waals surface area contributed by atoms with Crippen molar-refractivity contribution in [3.8, 4) is 0 Å². The summed E-state index contributed by atoms with van der Waals surface area (Å²) < 4.78 is 15.4. The Balaban J connectivity index is 1.56. The Morgan fingerprint density at radius 3 is 2.60 bits per heavy atom. The molecule has 0 aliphatic carbocycles. The Labute approximate surface area is 171 Å². The molecule has 1 fully saturated rings. The van der Waals surface area contributed by atoms with Gasteiger partial charge in [0.1, 0.15) is 11.5 Å². The minimum absolute atomic E-state index is 0.207. The molecule has 0 radical (unpaired) electrons. The fourth-order valence-electron chi connectivity index (χ4n) is 3.76. The third-order valence-corrected chi connectivity index (χ3v) is 5.29. The number of aromatic amines is 1. The van der Waals surface area contributed by atoms with Crippen molar-refractivity contribution < 1.29 is 9.18 Å². The van der Waals surface area contributed by atoms with Crippen LogP contribution in [0.1, 0.15) is 23.7 Å². The third-order valence-electron chi connectivity index (χ3n) is 5.29. The number of carbonyl (C=O) groups is 1. The van der Waals surface area contributed by atoms with Crippen molar-refractivity contribution in [2.75, 3.05) is 31.1 Å². The molecular formula is C21H22FN5O3. The molecule has 156 valence electrons. The predicted octanol–water partition coefficient (Wildman–Crippen LogP) is 1.60. The van der Waals surface area contributed by atoms with Gasteiger partial charge in [-0.3, -0.25) is 19.1 Å². The number of nitrogens with one attached hydrogen (secondary N) is 1. The Morgan fingerprint density at radius 1 is 1.17 bits per heavy atom. The maximum Gasteiger partial charge on any atom is 0.329 e. The number of aromatic nitrogens is 3. The summed E-state index contributed by atoms with van der Waals surface area (Å²) in [4.78, 5) is 47.4. The SMILES string of the molecule is CCCn1c(=O)[nH]c(=O)c2cc(C(=O)N3CCN(c4ccccc4F)CC3)cnc21. The van der Waals surface area contributed by atoms with E-state index in [1.807, 2.05) is 11.8 Å². The molecule has 1 aromatic carbocycles. The van der Waals surface area contributed by atoms with Gasteiger partial charge in [-0.05, 0) is 24.6 Å². The standard InChI is InChI=1S/C21H22FN5O3/c1-2-7-27-18-15(19(28)24-21(27)30)12-14(13-23-18)20(29)26-10-8-25(9-11-26)17-6-4-3-5-16(17)22/h3-6,12-13H,2,7-11H2,1H3,(H,24,28,30). The molecule has 0 atom stereocenters. The second-order valence-electron chi connectivity index (χ2n) is 7.24. The number of para-hydroxylation sites is 1. The molecule has 8 nitrogen and oxygen atoms in total. The minimum atomic E-state index is -0.561. The second-order valence-corrected chi connectivity index (χ2v) is 7.24. The fourth-order valence-corrected chi connectivity index (χ4v) is 3.76. The number of rotatable bonds is 4. The number of nitrogens with zero attached hydrogens (tertiary/aromatic N) is 4. The Hall–Kier alpha value is -3.49. The number of piperazine rings is 1. The van der Waals surface area contributed by atoms with Crippen molar-refractivity contribution in [2.45, 2.75) is 19.9 Å². The first-order valence-corrected chi connectivity index (χ1v) is 9.91. The lowest BCUT2D eigenvalue weighted by molar-refractivity contribution is 0.0746. The first-order valence-electron chi connectivity index (χ1n) is 9.91. The van der Waals surface area contributed by atoms with Gasteiger partial charge in [0.05, 0.1) is 16.6 Å². The maximum absolute atomic E-state index is 14.0. The molecule has 4 rings (SSSR count). The molecule has 9 heteroatoms. The number of amides is 1. The van der Waals surface area contributed by atoms with Gasteiger partial charge in [-0.2, -0.15) is 0 Å². The summed E-state index contributed by atoms with van der Waals surface area (Å²) in [6, 6.07) is 8.06. The van der Waals surface area contributed by atoms with Gasteiger partial charge in [0.2, 0.25) is 0 Å². The van der Waals surface area contributed by atoms with Crippen molar-refractivity contribution >= 4 is 22.6 Å². The number of H-pyrrole nitrogens is 1. The number of fused-ring (bicyclic) bond motifs is 1. The van der Waals surface area contributed by atoms with E-state index in [1.54, 1.807) is 23.1 Å². The topological polar surface area (TPSA) is 91.3 Å². The lowest BCUT2D eigenvalue weighted by Gasteiger charge is -2.36. The number of aryl methyl sites for hydroxylation is 1. The van der Waals surface area contributed by atoms with Gasteiger partial charge < -0.3 is 9.80 Å². The van der Waals surface area contributed by atoms with Gasteiger partial charge in [0.25, 0.3) is 11.5 Å². The molecule has 2 aromatic heterocycles. The molecule has 1 aliphatic heterocycles. The quantitative estimate of drug-likeness (QED) is 0.704. The average molecular weight is 411 g/mol. The lowest BCUT2D eigenvalue weighted by atomic mass is 10.1. The molecule has 1 amide bonds. The van der Waals surface area contributed by atoms with E-state index in [2.05, 4.69) is 9.97 Å². The van der Waals surface area contributed by atoms with Gasteiger partial charge in [0.15, 0.2) is 0 Å². The molecule has 0 unspecified atom stereocenters. The molecular weight excluding hydrogens is 389 g/mol. The van der Waals surface area contributed by atoms with Crippen molar-refractivity contribution in [3.05, 3.63) is 68.7 Å². The predicted molar refractivity (Wildman–Crippen MR) is 111 cm³/mol. The number of halogens is 1. The Bertz CT molecular complexity index is 1210. The number of hydrogen-bond donors (Lipinski definition) is 1. The Morgan fingerprint density at radius 2 is 1.90 bits per heavy atom. The second kappa shape index (κ2) is 8.10. The van der Waals surface area contributed by atoms with Gasteiger partial charge in [-0.25, -0.2) is 14.2 Å².